The van der Waals surface area contributed by atoms with Crippen molar-refractivity contribution in [2.24, 2.45) is 0 Å². The van der Waals surface area contributed by atoms with Crippen LogP contribution in [0, 0.1) is 13.8 Å². The Morgan fingerprint density at radius 1 is 1.19 bits per heavy atom. The van der Waals surface area contributed by atoms with Crippen LogP contribution in [0.15, 0.2) is 18.2 Å². The molecule has 1 fully saturated rings. The molecular weight excluding hydrogens is 196 g/mol. The lowest BCUT2D eigenvalue weighted by Gasteiger charge is -2.33. The SMILES string of the molecule is Cc1ccc(C)c([C@@H](C)N2CCNCC2)c1. The molecule has 16 heavy (non-hydrogen) atoms. The summed E-state index contributed by atoms with van der Waals surface area (Å²) >= 11 is 0. The van der Waals surface area contributed by atoms with Gasteiger partial charge in [0.25, 0.3) is 0 Å². The maximum Gasteiger partial charge on any atom is 0.0323 e. The highest BCUT2D eigenvalue weighted by Gasteiger charge is 2.18. The van der Waals surface area contributed by atoms with Gasteiger partial charge in [0.2, 0.25) is 0 Å². The van der Waals surface area contributed by atoms with Crippen molar-refractivity contribution in [2.45, 2.75) is 26.8 Å². The van der Waals surface area contributed by atoms with Gasteiger partial charge in [0, 0.05) is 32.2 Å². The van der Waals surface area contributed by atoms with Crippen LogP contribution in [0.25, 0.3) is 0 Å². The lowest BCUT2D eigenvalue weighted by molar-refractivity contribution is 0.185. The van der Waals surface area contributed by atoms with Gasteiger partial charge in [-0.05, 0) is 31.9 Å². The number of piperazine rings is 1. The summed E-state index contributed by atoms with van der Waals surface area (Å²) in [7, 11) is 0. The molecule has 1 aromatic carbocycles. The van der Waals surface area contributed by atoms with E-state index in [1.165, 1.54) is 16.7 Å². The Balaban J connectivity index is 2.18. The second kappa shape index (κ2) is 4.98. The third-order valence-corrected chi connectivity index (χ3v) is 3.58. The average Bonchev–Trinajstić information content (AvgIpc) is 2.32. The lowest BCUT2D eigenvalue weighted by atomic mass is 9.98. The Morgan fingerprint density at radius 3 is 2.56 bits per heavy atom. The van der Waals surface area contributed by atoms with E-state index in [2.05, 4.69) is 49.2 Å². The fourth-order valence-electron chi connectivity index (χ4n) is 2.48. The Morgan fingerprint density at radius 2 is 1.88 bits per heavy atom. The van der Waals surface area contributed by atoms with E-state index in [1.807, 2.05) is 0 Å². The monoisotopic (exact) mass is 218 g/mol. The number of aryl methyl sites for hydroxylation is 2. The molecule has 0 amide bonds. The van der Waals surface area contributed by atoms with E-state index in [0.29, 0.717) is 6.04 Å². The van der Waals surface area contributed by atoms with Crippen molar-refractivity contribution in [1.29, 1.82) is 0 Å². The summed E-state index contributed by atoms with van der Waals surface area (Å²) in [6.07, 6.45) is 0. The molecule has 1 N–H and O–H groups in total. The topological polar surface area (TPSA) is 15.3 Å². The van der Waals surface area contributed by atoms with Crippen molar-refractivity contribution < 1.29 is 0 Å². The van der Waals surface area contributed by atoms with Crippen LogP contribution in [0.2, 0.25) is 0 Å². The van der Waals surface area contributed by atoms with Crippen LogP contribution >= 0.6 is 0 Å². The van der Waals surface area contributed by atoms with Crippen LogP contribution < -0.4 is 5.32 Å². The highest BCUT2D eigenvalue weighted by atomic mass is 15.2. The molecule has 0 bridgehead atoms. The summed E-state index contributed by atoms with van der Waals surface area (Å²) < 4.78 is 0. The van der Waals surface area contributed by atoms with Gasteiger partial charge in [-0.2, -0.15) is 0 Å². The van der Waals surface area contributed by atoms with Gasteiger partial charge in [0.1, 0.15) is 0 Å². The first-order valence-corrected chi connectivity index (χ1v) is 6.20. The zero-order valence-electron chi connectivity index (χ0n) is 10.6. The van der Waals surface area contributed by atoms with Gasteiger partial charge < -0.3 is 5.32 Å². The number of nitrogens with one attached hydrogen (secondary N) is 1. The molecule has 0 radical (unpaired) electrons. The molecule has 0 spiro atoms. The number of hydrogen-bond donors (Lipinski definition) is 1. The highest BCUT2D eigenvalue weighted by molar-refractivity contribution is 5.32. The number of rotatable bonds is 2. The molecule has 1 saturated heterocycles. The summed E-state index contributed by atoms with van der Waals surface area (Å²) in [6.45, 7) is 11.3. The van der Waals surface area contributed by atoms with Crippen molar-refractivity contribution in [2.75, 3.05) is 26.2 Å². The van der Waals surface area contributed by atoms with E-state index in [0.717, 1.165) is 26.2 Å². The molecule has 0 saturated carbocycles. The molecule has 1 aliphatic heterocycles. The fourth-order valence-corrected chi connectivity index (χ4v) is 2.48. The van der Waals surface area contributed by atoms with Crippen LogP contribution in [0.4, 0.5) is 0 Å². The van der Waals surface area contributed by atoms with Gasteiger partial charge in [0.05, 0.1) is 0 Å². The minimum atomic E-state index is 0.544. The molecule has 0 unspecified atom stereocenters. The molecule has 2 heteroatoms. The molecule has 2 nitrogen and oxygen atoms in total. The van der Waals surface area contributed by atoms with Crippen LogP contribution in [0.3, 0.4) is 0 Å². The predicted octanol–water partition coefficient (Wildman–Crippen LogP) is 2.27. The molecule has 88 valence electrons. The molecule has 0 aliphatic carbocycles. The van der Waals surface area contributed by atoms with Crippen molar-refractivity contribution in [1.82, 2.24) is 10.2 Å². The van der Waals surface area contributed by atoms with E-state index in [1.54, 1.807) is 0 Å². The first kappa shape index (κ1) is 11.6. The van der Waals surface area contributed by atoms with Crippen LogP contribution in [0.5, 0.6) is 0 Å². The molecule has 1 aromatic rings. The third-order valence-electron chi connectivity index (χ3n) is 3.58. The Kier molecular flexibility index (Phi) is 3.62. The van der Waals surface area contributed by atoms with Crippen molar-refractivity contribution in [3.8, 4) is 0 Å². The van der Waals surface area contributed by atoms with Crippen molar-refractivity contribution in [3.63, 3.8) is 0 Å². The predicted molar refractivity (Wildman–Crippen MR) is 68.8 cm³/mol. The van der Waals surface area contributed by atoms with Crippen LogP contribution in [-0.4, -0.2) is 31.1 Å². The fraction of sp³-hybridized carbons (Fsp3) is 0.571. The highest BCUT2D eigenvalue weighted by Crippen LogP contribution is 2.24. The standard InChI is InChI=1S/C14H22N2/c1-11-4-5-12(2)14(10-11)13(3)16-8-6-15-7-9-16/h4-5,10,13,15H,6-9H2,1-3H3/t13-/m1/s1. The first-order chi connectivity index (χ1) is 7.68. The minimum absolute atomic E-state index is 0.544. The van der Waals surface area contributed by atoms with E-state index in [-0.39, 0.29) is 0 Å². The summed E-state index contributed by atoms with van der Waals surface area (Å²) in [5.41, 5.74) is 4.26. The van der Waals surface area contributed by atoms with Gasteiger partial charge in [-0.25, -0.2) is 0 Å². The van der Waals surface area contributed by atoms with E-state index < -0.39 is 0 Å². The van der Waals surface area contributed by atoms with Gasteiger partial charge >= 0.3 is 0 Å². The zero-order valence-corrected chi connectivity index (χ0v) is 10.6. The first-order valence-electron chi connectivity index (χ1n) is 6.20. The van der Waals surface area contributed by atoms with Gasteiger partial charge in [-0.15, -0.1) is 0 Å². The molecule has 1 heterocycles. The summed E-state index contributed by atoms with van der Waals surface area (Å²) in [6, 6.07) is 7.32. The minimum Gasteiger partial charge on any atom is -0.314 e. The Labute approximate surface area is 98.7 Å². The van der Waals surface area contributed by atoms with Crippen LogP contribution in [0.1, 0.15) is 29.7 Å². The van der Waals surface area contributed by atoms with Gasteiger partial charge in [-0.1, -0.05) is 23.8 Å². The lowest BCUT2D eigenvalue weighted by Crippen LogP contribution is -2.44. The Hall–Kier alpha value is -0.860. The van der Waals surface area contributed by atoms with Gasteiger partial charge in [0.15, 0.2) is 0 Å². The maximum absolute atomic E-state index is 3.41. The quantitative estimate of drug-likeness (QED) is 0.819. The largest absolute Gasteiger partial charge is 0.314 e. The molecule has 2 rings (SSSR count). The third kappa shape index (κ3) is 2.45. The summed E-state index contributed by atoms with van der Waals surface area (Å²) in [5.74, 6) is 0. The summed E-state index contributed by atoms with van der Waals surface area (Å²) in [4.78, 5) is 2.57. The van der Waals surface area contributed by atoms with E-state index in [9.17, 15) is 0 Å². The van der Waals surface area contributed by atoms with Crippen LogP contribution in [-0.2, 0) is 0 Å². The molecule has 1 atom stereocenters. The number of hydrogen-bond acceptors (Lipinski definition) is 2. The van der Waals surface area contributed by atoms with Gasteiger partial charge in [-0.3, -0.25) is 4.90 Å². The molecule has 1 aliphatic rings. The van der Waals surface area contributed by atoms with E-state index >= 15 is 0 Å². The van der Waals surface area contributed by atoms with E-state index in [4.69, 9.17) is 0 Å². The smallest absolute Gasteiger partial charge is 0.0323 e. The molecule has 0 aromatic heterocycles. The van der Waals surface area contributed by atoms with Crippen molar-refractivity contribution in [3.05, 3.63) is 34.9 Å². The number of benzene rings is 1. The van der Waals surface area contributed by atoms with Crippen molar-refractivity contribution >= 4 is 0 Å². The zero-order chi connectivity index (χ0) is 11.5. The second-order valence-electron chi connectivity index (χ2n) is 4.82. The Bertz CT molecular complexity index is 354. The molecular formula is C14H22N2. The second-order valence-corrected chi connectivity index (χ2v) is 4.82. The average molecular weight is 218 g/mol. The summed E-state index contributed by atoms with van der Waals surface area (Å²) in [5, 5.41) is 3.41. The number of nitrogens with zero attached hydrogens (tertiary/aromatic N) is 1. The normalized spacial score (nSPS) is 19.7. The maximum atomic E-state index is 3.41.